The number of nitrogens with one attached hydrogen (secondary N) is 2. The van der Waals surface area contributed by atoms with Crippen molar-refractivity contribution in [2.45, 2.75) is 32.2 Å². The summed E-state index contributed by atoms with van der Waals surface area (Å²) in [6.45, 7) is 3.49. The van der Waals surface area contributed by atoms with Gasteiger partial charge in [-0.05, 0) is 37.6 Å². The van der Waals surface area contributed by atoms with Crippen LogP contribution in [0.1, 0.15) is 26.7 Å². The highest BCUT2D eigenvalue weighted by Crippen LogP contribution is 2.13. The van der Waals surface area contributed by atoms with Crippen LogP contribution in [-0.4, -0.2) is 23.9 Å². The molecule has 0 aliphatic heterocycles. The monoisotopic (exact) mass is 333 g/mol. The van der Waals surface area contributed by atoms with Crippen molar-refractivity contribution in [2.24, 2.45) is 5.73 Å². The third kappa shape index (κ3) is 6.80. The predicted molar refractivity (Wildman–Crippen MR) is 87.8 cm³/mol. The minimum atomic E-state index is -0.949. The SMILES string of the molecule is CCCC(C)(N)C(=O)NCC(=O)Nc1ccc(Cl)cc1.Cl. The summed E-state index contributed by atoms with van der Waals surface area (Å²) in [5.74, 6) is -0.640. The first-order valence-corrected chi connectivity index (χ1v) is 6.85. The number of hydrogen-bond donors (Lipinski definition) is 3. The Balaban J connectivity index is 0.00000400. The van der Waals surface area contributed by atoms with Gasteiger partial charge in [0.05, 0.1) is 12.1 Å². The van der Waals surface area contributed by atoms with Crippen LogP contribution in [0.4, 0.5) is 5.69 Å². The van der Waals surface area contributed by atoms with Crippen LogP contribution in [0.25, 0.3) is 0 Å². The van der Waals surface area contributed by atoms with Crippen molar-refractivity contribution >= 4 is 41.5 Å². The summed E-state index contributed by atoms with van der Waals surface area (Å²) < 4.78 is 0. The van der Waals surface area contributed by atoms with Crippen molar-refractivity contribution < 1.29 is 9.59 Å². The molecule has 1 aromatic rings. The largest absolute Gasteiger partial charge is 0.345 e. The number of carbonyl (C=O) groups is 2. The number of carbonyl (C=O) groups excluding carboxylic acids is 2. The Hall–Kier alpha value is -1.30. The number of rotatable bonds is 6. The van der Waals surface area contributed by atoms with Gasteiger partial charge in [-0.3, -0.25) is 9.59 Å². The molecule has 118 valence electrons. The smallest absolute Gasteiger partial charge is 0.243 e. The summed E-state index contributed by atoms with van der Waals surface area (Å²) in [6.07, 6.45) is 1.37. The minimum Gasteiger partial charge on any atom is -0.345 e. The molecule has 1 atom stereocenters. The Morgan fingerprint density at radius 3 is 2.38 bits per heavy atom. The molecule has 0 heterocycles. The fourth-order valence-corrected chi connectivity index (χ4v) is 1.86. The number of nitrogens with two attached hydrogens (primary N) is 1. The highest BCUT2D eigenvalue weighted by Gasteiger charge is 2.27. The summed E-state index contributed by atoms with van der Waals surface area (Å²) in [7, 11) is 0. The fourth-order valence-electron chi connectivity index (χ4n) is 1.73. The van der Waals surface area contributed by atoms with Gasteiger partial charge in [-0.25, -0.2) is 0 Å². The van der Waals surface area contributed by atoms with Gasteiger partial charge >= 0.3 is 0 Å². The zero-order chi connectivity index (χ0) is 15.2. The summed E-state index contributed by atoms with van der Waals surface area (Å²) in [5, 5.41) is 5.78. The Morgan fingerprint density at radius 1 is 1.29 bits per heavy atom. The van der Waals surface area contributed by atoms with Crippen LogP contribution in [0.2, 0.25) is 5.02 Å². The molecule has 0 spiro atoms. The molecule has 7 heteroatoms. The second kappa shape index (κ2) is 8.87. The second-order valence-corrected chi connectivity index (χ2v) is 5.34. The van der Waals surface area contributed by atoms with E-state index in [0.717, 1.165) is 6.42 Å². The van der Waals surface area contributed by atoms with Crippen LogP contribution in [0.5, 0.6) is 0 Å². The number of anilines is 1. The molecule has 0 saturated heterocycles. The third-order valence-electron chi connectivity index (χ3n) is 2.83. The van der Waals surface area contributed by atoms with Gasteiger partial charge < -0.3 is 16.4 Å². The van der Waals surface area contributed by atoms with Gasteiger partial charge in [0.1, 0.15) is 0 Å². The predicted octanol–water partition coefficient (Wildman–Crippen LogP) is 2.33. The van der Waals surface area contributed by atoms with Gasteiger partial charge in [-0.2, -0.15) is 0 Å². The van der Waals surface area contributed by atoms with E-state index >= 15 is 0 Å². The third-order valence-corrected chi connectivity index (χ3v) is 3.08. The number of benzene rings is 1. The van der Waals surface area contributed by atoms with Gasteiger partial charge in [0.25, 0.3) is 0 Å². The van der Waals surface area contributed by atoms with Crippen molar-refractivity contribution in [1.82, 2.24) is 5.32 Å². The van der Waals surface area contributed by atoms with Gasteiger partial charge in [0.15, 0.2) is 0 Å². The quantitative estimate of drug-likeness (QED) is 0.746. The van der Waals surface area contributed by atoms with Gasteiger partial charge in [-0.1, -0.05) is 24.9 Å². The molecular formula is C14H21Cl2N3O2. The molecule has 1 unspecified atom stereocenters. The Morgan fingerprint density at radius 2 is 1.86 bits per heavy atom. The first-order valence-electron chi connectivity index (χ1n) is 6.48. The van der Waals surface area contributed by atoms with Crippen LogP contribution in [-0.2, 0) is 9.59 Å². The maximum absolute atomic E-state index is 11.8. The summed E-state index contributed by atoms with van der Waals surface area (Å²) >= 11 is 5.75. The maximum atomic E-state index is 11.8. The van der Waals surface area contributed by atoms with Crippen molar-refractivity contribution in [3.05, 3.63) is 29.3 Å². The van der Waals surface area contributed by atoms with Gasteiger partial charge in [-0.15, -0.1) is 12.4 Å². The Bertz CT molecular complexity index is 476. The standard InChI is InChI=1S/C14H20ClN3O2.ClH/c1-3-8-14(2,16)13(20)17-9-12(19)18-11-6-4-10(15)5-7-11;/h4-7H,3,8-9,16H2,1-2H3,(H,17,20)(H,18,19);1H. The number of halogens is 2. The van der Waals surface area contributed by atoms with E-state index in [4.69, 9.17) is 17.3 Å². The molecule has 0 aliphatic rings. The first-order chi connectivity index (χ1) is 9.35. The van der Waals surface area contributed by atoms with Crippen LogP contribution < -0.4 is 16.4 Å². The lowest BCUT2D eigenvalue weighted by Gasteiger charge is -2.22. The van der Waals surface area contributed by atoms with E-state index in [2.05, 4.69) is 10.6 Å². The van der Waals surface area contributed by atoms with E-state index in [1.54, 1.807) is 31.2 Å². The molecule has 0 radical (unpaired) electrons. The molecule has 21 heavy (non-hydrogen) atoms. The lowest BCUT2D eigenvalue weighted by molar-refractivity contribution is -0.128. The highest BCUT2D eigenvalue weighted by atomic mass is 35.5. The van der Waals surface area contributed by atoms with Crippen LogP contribution in [0.15, 0.2) is 24.3 Å². The zero-order valence-electron chi connectivity index (χ0n) is 12.1. The minimum absolute atomic E-state index is 0. The summed E-state index contributed by atoms with van der Waals surface area (Å²) in [5.41, 5.74) is 5.54. The van der Waals surface area contributed by atoms with Crippen molar-refractivity contribution in [3.63, 3.8) is 0 Å². The molecule has 0 bridgehead atoms. The molecular weight excluding hydrogens is 313 g/mol. The van der Waals surface area contributed by atoms with E-state index in [-0.39, 0.29) is 30.8 Å². The van der Waals surface area contributed by atoms with E-state index in [1.807, 2.05) is 6.92 Å². The molecule has 1 aromatic carbocycles. The average molecular weight is 334 g/mol. The molecule has 2 amide bonds. The van der Waals surface area contributed by atoms with E-state index in [0.29, 0.717) is 17.1 Å². The van der Waals surface area contributed by atoms with E-state index < -0.39 is 5.54 Å². The van der Waals surface area contributed by atoms with Crippen molar-refractivity contribution in [2.75, 3.05) is 11.9 Å². The molecule has 4 N–H and O–H groups in total. The van der Waals surface area contributed by atoms with Crippen LogP contribution in [0.3, 0.4) is 0 Å². The van der Waals surface area contributed by atoms with Gasteiger partial charge in [0, 0.05) is 10.7 Å². The number of hydrogen-bond acceptors (Lipinski definition) is 3. The van der Waals surface area contributed by atoms with Crippen LogP contribution in [0, 0.1) is 0 Å². The topological polar surface area (TPSA) is 84.2 Å². The zero-order valence-corrected chi connectivity index (χ0v) is 13.7. The Labute approximate surface area is 136 Å². The maximum Gasteiger partial charge on any atom is 0.243 e. The molecule has 0 fully saturated rings. The lowest BCUT2D eigenvalue weighted by Crippen LogP contribution is -2.52. The Kier molecular flexibility index (Phi) is 8.32. The molecule has 1 rings (SSSR count). The fraction of sp³-hybridized carbons (Fsp3) is 0.429. The second-order valence-electron chi connectivity index (χ2n) is 4.91. The summed E-state index contributed by atoms with van der Waals surface area (Å²) in [4.78, 5) is 23.5. The molecule has 0 aliphatic carbocycles. The molecule has 0 aromatic heterocycles. The highest BCUT2D eigenvalue weighted by molar-refractivity contribution is 6.30. The van der Waals surface area contributed by atoms with Crippen molar-refractivity contribution in [1.29, 1.82) is 0 Å². The normalized spacial score (nSPS) is 12.8. The lowest BCUT2D eigenvalue weighted by atomic mass is 9.96. The van der Waals surface area contributed by atoms with Crippen molar-refractivity contribution in [3.8, 4) is 0 Å². The van der Waals surface area contributed by atoms with Crippen LogP contribution >= 0.6 is 24.0 Å². The first kappa shape index (κ1) is 19.7. The summed E-state index contributed by atoms with van der Waals surface area (Å²) in [6, 6.07) is 6.72. The average Bonchev–Trinajstić information content (AvgIpc) is 2.38. The van der Waals surface area contributed by atoms with E-state index in [1.165, 1.54) is 0 Å². The molecule has 5 nitrogen and oxygen atoms in total. The number of amides is 2. The van der Waals surface area contributed by atoms with E-state index in [9.17, 15) is 9.59 Å². The van der Waals surface area contributed by atoms with Gasteiger partial charge in [0.2, 0.25) is 11.8 Å². The molecule has 0 saturated carbocycles.